The zero-order valence-electron chi connectivity index (χ0n) is 10.7. The van der Waals surface area contributed by atoms with Crippen LogP contribution in [-0.2, 0) is 0 Å². The van der Waals surface area contributed by atoms with Gasteiger partial charge in [-0.25, -0.2) is 0 Å². The van der Waals surface area contributed by atoms with Crippen LogP contribution in [0.4, 0.5) is 6.01 Å². The molecular formula is C14H18ClN3O. The van der Waals surface area contributed by atoms with Crippen molar-refractivity contribution >= 4 is 28.7 Å². The lowest BCUT2D eigenvalue weighted by Crippen LogP contribution is -2.29. The van der Waals surface area contributed by atoms with Gasteiger partial charge in [0.15, 0.2) is 5.58 Å². The molecule has 1 aliphatic rings. The van der Waals surface area contributed by atoms with Crippen LogP contribution in [0.5, 0.6) is 0 Å². The van der Waals surface area contributed by atoms with Gasteiger partial charge < -0.3 is 15.5 Å². The van der Waals surface area contributed by atoms with E-state index in [1.165, 1.54) is 12.8 Å². The van der Waals surface area contributed by atoms with E-state index in [1.807, 2.05) is 12.1 Å². The summed E-state index contributed by atoms with van der Waals surface area (Å²) in [4.78, 5) is 4.43. The number of nitrogens with two attached hydrogens (primary N) is 1. The Hall–Kier alpha value is -1.26. The molecule has 102 valence electrons. The van der Waals surface area contributed by atoms with Gasteiger partial charge in [0.25, 0.3) is 6.01 Å². The molecule has 1 aromatic heterocycles. The standard InChI is InChI=1S/C14H18ClN3O/c15-10-3-6-12-13(7-10)19-14(18-12)17-11-4-1-9(8-16)2-5-11/h3,6-7,9,11H,1-2,4-5,8,16H2,(H,17,18). The summed E-state index contributed by atoms with van der Waals surface area (Å²) in [6, 6.07) is 6.51. The highest BCUT2D eigenvalue weighted by Gasteiger charge is 2.21. The van der Waals surface area contributed by atoms with Crippen LogP contribution in [0, 0.1) is 5.92 Å². The average molecular weight is 280 g/mol. The number of rotatable bonds is 3. The molecule has 1 aromatic carbocycles. The van der Waals surface area contributed by atoms with Gasteiger partial charge in [0.05, 0.1) is 0 Å². The number of oxazole rings is 1. The van der Waals surface area contributed by atoms with Gasteiger partial charge in [0.1, 0.15) is 5.52 Å². The third-order valence-corrected chi connectivity index (χ3v) is 4.09. The Morgan fingerprint density at radius 3 is 2.84 bits per heavy atom. The molecule has 0 radical (unpaired) electrons. The largest absolute Gasteiger partial charge is 0.423 e. The molecule has 1 fully saturated rings. The molecule has 3 rings (SSSR count). The fraction of sp³-hybridized carbons (Fsp3) is 0.500. The Bertz CT molecular complexity index is 561. The van der Waals surface area contributed by atoms with E-state index in [2.05, 4.69) is 10.3 Å². The van der Waals surface area contributed by atoms with Crippen LogP contribution in [0.25, 0.3) is 11.1 Å². The van der Waals surface area contributed by atoms with Crippen molar-refractivity contribution in [3.05, 3.63) is 23.2 Å². The van der Waals surface area contributed by atoms with Gasteiger partial charge in [-0.15, -0.1) is 0 Å². The number of hydrogen-bond donors (Lipinski definition) is 2. The summed E-state index contributed by atoms with van der Waals surface area (Å²) < 4.78 is 5.67. The number of anilines is 1. The van der Waals surface area contributed by atoms with E-state index >= 15 is 0 Å². The summed E-state index contributed by atoms with van der Waals surface area (Å²) in [5.41, 5.74) is 7.27. The molecule has 0 spiro atoms. The fourth-order valence-corrected chi connectivity index (χ4v) is 2.84. The summed E-state index contributed by atoms with van der Waals surface area (Å²) in [6.07, 6.45) is 4.61. The van der Waals surface area contributed by atoms with Gasteiger partial charge in [0.2, 0.25) is 0 Å². The van der Waals surface area contributed by atoms with Gasteiger partial charge >= 0.3 is 0 Å². The minimum atomic E-state index is 0.436. The molecule has 5 heteroatoms. The van der Waals surface area contributed by atoms with Crippen LogP contribution >= 0.6 is 11.6 Å². The maximum absolute atomic E-state index is 5.93. The molecule has 0 bridgehead atoms. The Labute approximate surface area is 117 Å². The monoisotopic (exact) mass is 279 g/mol. The summed E-state index contributed by atoms with van der Waals surface area (Å²) in [6.45, 7) is 0.800. The highest BCUT2D eigenvalue weighted by atomic mass is 35.5. The topological polar surface area (TPSA) is 64.1 Å². The van der Waals surface area contributed by atoms with E-state index < -0.39 is 0 Å². The van der Waals surface area contributed by atoms with Crippen LogP contribution in [-0.4, -0.2) is 17.6 Å². The highest BCUT2D eigenvalue weighted by molar-refractivity contribution is 6.31. The number of benzene rings is 1. The Morgan fingerprint density at radius 1 is 1.32 bits per heavy atom. The molecule has 19 heavy (non-hydrogen) atoms. The molecule has 0 atom stereocenters. The summed E-state index contributed by atoms with van der Waals surface area (Å²) >= 11 is 5.93. The lowest BCUT2D eigenvalue weighted by atomic mass is 9.86. The van der Waals surface area contributed by atoms with E-state index in [1.54, 1.807) is 6.07 Å². The molecule has 0 aliphatic heterocycles. The van der Waals surface area contributed by atoms with Crippen molar-refractivity contribution in [3.8, 4) is 0 Å². The van der Waals surface area contributed by atoms with Gasteiger partial charge in [-0.05, 0) is 50.3 Å². The Balaban J connectivity index is 1.68. The average Bonchev–Trinajstić information content (AvgIpc) is 2.81. The van der Waals surface area contributed by atoms with E-state index in [-0.39, 0.29) is 0 Å². The maximum atomic E-state index is 5.93. The van der Waals surface area contributed by atoms with E-state index in [0.29, 0.717) is 23.0 Å². The molecule has 1 aliphatic carbocycles. The minimum absolute atomic E-state index is 0.436. The van der Waals surface area contributed by atoms with Crippen LogP contribution in [0.15, 0.2) is 22.6 Å². The third kappa shape index (κ3) is 2.85. The van der Waals surface area contributed by atoms with Crippen molar-refractivity contribution in [2.75, 3.05) is 11.9 Å². The van der Waals surface area contributed by atoms with Gasteiger partial charge in [-0.3, -0.25) is 0 Å². The number of fused-ring (bicyclic) bond motifs is 1. The van der Waals surface area contributed by atoms with Crippen LogP contribution in [0.3, 0.4) is 0 Å². The number of hydrogen-bond acceptors (Lipinski definition) is 4. The Morgan fingerprint density at radius 2 is 2.11 bits per heavy atom. The van der Waals surface area contributed by atoms with E-state index in [9.17, 15) is 0 Å². The van der Waals surface area contributed by atoms with Crippen LogP contribution < -0.4 is 11.1 Å². The zero-order chi connectivity index (χ0) is 13.2. The molecular weight excluding hydrogens is 262 g/mol. The van der Waals surface area contributed by atoms with Gasteiger partial charge in [-0.1, -0.05) is 11.6 Å². The van der Waals surface area contributed by atoms with E-state index in [0.717, 1.165) is 30.5 Å². The van der Waals surface area contributed by atoms with Crippen LogP contribution in [0.1, 0.15) is 25.7 Å². The first-order chi connectivity index (χ1) is 9.24. The second-order valence-corrected chi connectivity index (χ2v) is 5.67. The van der Waals surface area contributed by atoms with Crippen molar-refractivity contribution in [1.29, 1.82) is 0 Å². The van der Waals surface area contributed by atoms with Crippen molar-refractivity contribution in [1.82, 2.24) is 4.98 Å². The first-order valence-electron chi connectivity index (χ1n) is 6.77. The maximum Gasteiger partial charge on any atom is 0.295 e. The Kier molecular flexibility index (Phi) is 3.62. The van der Waals surface area contributed by atoms with E-state index in [4.69, 9.17) is 21.8 Å². The first kappa shape index (κ1) is 12.8. The highest BCUT2D eigenvalue weighted by Crippen LogP contribution is 2.27. The molecule has 0 saturated heterocycles. The molecule has 1 heterocycles. The molecule has 0 amide bonds. The summed E-state index contributed by atoms with van der Waals surface area (Å²) in [5.74, 6) is 0.681. The third-order valence-electron chi connectivity index (χ3n) is 3.86. The lowest BCUT2D eigenvalue weighted by molar-refractivity contribution is 0.341. The summed E-state index contributed by atoms with van der Waals surface area (Å²) in [5, 5.41) is 4.04. The molecule has 3 N–H and O–H groups in total. The molecule has 0 unspecified atom stereocenters. The fourth-order valence-electron chi connectivity index (χ4n) is 2.68. The van der Waals surface area contributed by atoms with Gasteiger partial charge in [-0.2, -0.15) is 4.98 Å². The minimum Gasteiger partial charge on any atom is -0.423 e. The smallest absolute Gasteiger partial charge is 0.295 e. The number of nitrogens with one attached hydrogen (secondary N) is 1. The first-order valence-corrected chi connectivity index (χ1v) is 7.15. The second-order valence-electron chi connectivity index (χ2n) is 5.23. The quantitative estimate of drug-likeness (QED) is 0.904. The van der Waals surface area contributed by atoms with Crippen molar-refractivity contribution in [2.45, 2.75) is 31.7 Å². The number of halogens is 1. The van der Waals surface area contributed by atoms with Crippen molar-refractivity contribution in [3.63, 3.8) is 0 Å². The van der Waals surface area contributed by atoms with Crippen molar-refractivity contribution < 1.29 is 4.42 Å². The van der Waals surface area contributed by atoms with Gasteiger partial charge in [0, 0.05) is 17.1 Å². The molecule has 2 aromatic rings. The normalized spacial score (nSPS) is 23.7. The second kappa shape index (κ2) is 5.39. The van der Waals surface area contributed by atoms with Crippen molar-refractivity contribution in [2.24, 2.45) is 11.7 Å². The zero-order valence-corrected chi connectivity index (χ0v) is 11.5. The predicted octanol–water partition coefficient (Wildman–Crippen LogP) is 3.41. The number of aromatic nitrogens is 1. The SMILES string of the molecule is NCC1CCC(Nc2nc3ccc(Cl)cc3o2)CC1. The summed E-state index contributed by atoms with van der Waals surface area (Å²) in [7, 11) is 0. The number of nitrogens with zero attached hydrogens (tertiary/aromatic N) is 1. The molecule has 1 saturated carbocycles. The predicted molar refractivity (Wildman–Crippen MR) is 77.4 cm³/mol. The lowest BCUT2D eigenvalue weighted by Gasteiger charge is -2.27. The van der Waals surface area contributed by atoms with Crippen LogP contribution in [0.2, 0.25) is 5.02 Å². The molecule has 4 nitrogen and oxygen atoms in total.